The van der Waals surface area contributed by atoms with Crippen molar-refractivity contribution in [2.45, 2.75) is 31.1 Å². The van der Waals surface area contributed by atoms with Crippen LogP contribution in [-0.2, 0) is 14.8 Å². The quantitative estimate of drug-likeness (QED) is 0.798. The third kappa shape index (κ3) is 4.06. The number of amides is 1. The number of ether oxygens (including phenoxy) is 2. The van der Waals surface area contributed by atoms with Crippen LogP contribution < -0.4 is 19.1 Å². The van der Waals surface area contributed by atoms with Gasteiger partial charge in [0.15, 0.2) is 0 Å². The van der Waals surface area contributed by atoms with Crippen molar-refractivity contribution in [1.82, 2.24) is 0 Å². The lowest BCUT2D eigenvalue weighted by molar-refractivity contribution is -0.119. The highest BCUT2D eigenvalue weighted by molar-refractivity contribution is 7.92. The van der Waals surface area contributed by atoms with Crippen LogP contribution in [0.1, 0.15) is 24.8 Å². The zero-order valence-corrected chi connectivity index (χ0v) is 17.0. The van der Waals surface area contributed by atoms with Crippen LogP contribution in [0, 0.1) is 6.92 Å². The van der Waals surface area contributed by atoms with Gasteiger partial charge in [0.1, 0.15) is 16.4 Å². The Morgan fingerprint density at radius 3 is 2.39 bits per heavy atom. The summed E-state index contributed by atoms with van der Waals surface area (Å²) in [6.07, 6.45) is 2.22. The second-order valence-corrected chi connectivity index (χ2v) is 8.30. The second kappa shape index (κ2) is 8.10. The average Bonchev–Trinajstić information content (AvgIpc) is 2.68. The standard InChI is InChI=1S/C20H24N2O5S/c1-14-7-9-18(27-3)19(12-14)28(24,25)21-15-8-10-17(26-2)16(13-15)22-11-5-4-6-20(22)23/h7-10,12-13,21H,4-6,11H2,1-3H3. The Morgan fingerprint density at radius 2 is 1.71 bits per heavy atom. The van der Waals surface area contributed by atoms with E-state index in [1.54, 1.807) is 41.3 Å². The first kappa shape index (κ1) is 20.0. The fourth-order valence-corrected chi connectivity index (χ4v) is 4.53. The van der Waals surface area contributed by atoms with Crippen molar-refractivity contribution in [1.29, 1.82) is 0 Å². The third-order valence-corrected chi connectivity index (χ3v) is 6.06. The molecule has 0 atom stereocenters. The topological polar surface area (TPSA) is 84.9 Å². The van der Waals surface area contributed by atoms with Gasteiger partial charge in [-0.25, -0.2) is 8.42 Å². The van der Waals surface area contributed by atoms with Gasteiger partial charge in [-0.05, 0) is 55.7 Å². The highest BCUT2D eigenvalue weighted by atomic mass is 32.2. The lowest BCUT2D eigenvalue weighted by Gasteiger charge is -2.28. The van der Waals surface area contributed by atoms with Gasteiger partial charge in [0.05, 0.1) is 25.6 Å². The van der Waals surface area contributed by atoms with Crippen molar-refractivity contribution < 1.29 is 22.7 Å². The first-order valence-corrected chi connectivity index (χ1v) is 10.5. The summed E-state index contributed by atoms with van der Waals surface area (Å²) >= 11 is 0. The number of nitrogens with zero attached hydrogens (tertiary/aromatic N) is 1. The largest absolute Gasteiger partial charge is 0.495 e. The molecule has 1 aliphatic rings. The first-order chi connectivity index (χ1) is 13.4. The van der Waals surface area contributed by atoms with Gasteiger partial charge in [-0.1, -0.05) is 6.07 Å². The molecule has 7 nitrogen and oxygen atoms in total. The number of anilines is 2. The third-order valence-electron chi connectivity index (χ3n) is 4.65. The van der Waals surface area contributed by atoms with Gasteiger partial charge in [0.25, 0.3) is 10.0 Å². The number of hydrogen-bond donors (Lipinski definition) is 1. The summed E-state index contributed by atoms with van der Waals surface area (Å²) in [6, 6.07) is 9.85. The summed E-state index contributed by atoms with van der Waals surface area (Å²) in [5, 5.41) is 0. The molecule has 2 aromatic rings. The van der Waals surface area contributed by atoms with Crippen LogP contribution in [-0.4, -0.2) is 35.1 Å². The zero-order valence-electron chi connectivity index (χ0n) is 16.2. The lowest BCUT2D eigenvalue weighted by Crippen LogP contribution is -2.35. The minimum absolute atomic E-state index is 0.00455. The molecule has 0 saturated carbocycles. The molecule has 150 valence electrons. The molecule has 3 rings (SSSR count). The van der Waals surface area contributed by atoms with E-state index in [0.29, 0.717) is 30.1 Å². The van der Waals surface area contributed by atoms with E-state index in [0.717, 1.165) is 18.4 Å². The van der Waals surface area contributed by atoms with Crippen molar-refractivity contribution in [2.75, 3.05) is 30.4 Å². The van der Waals surface area contributed by atoms with E-state index in [1.165, 1.54) is 14.2 Å². The van der Waals surface area contributed by atoms with Crippen LogP contribution in [0.25, 0.3) is 0 Å². The van der Waals surface area contributed by atoms with Crippen LogP contribution in [0.5, 0.6) is 11.5 Å². The summed E-state index contributed by atoms with van der Waals surface area (Å²) in [5.41, 5.74) is 1.71. The van der Waals surface area contributed by atoms with Crippen LogP contribution in [0.15, 0.2) is 41.3 Å². The molecule has 0 aliphatic carbocycles. The number of carbonyl (C=O) groups excluding carboxylic acids is 1. The van der Waals surface area contributed by atoms with Gasteiger partial charge in [-0.3, -0.25) is 9.52 Å². The Bertz CT molecular complexity index is 988. The van der Waals surface area contributed by atoms with E-state index in [1.807, 2.05) is 6.92 Å². The molecule has 0 bridgehead atoms. The summed E-state index contributed by atoms with van der Waals surface area (Å²) < 4.78 is 39.0. The van der Waals surface area contributed by atoms with Crippen molar-refractivity contribution in [3.63, 3.8) is 0 Å². The Kier molecular flexibility index (Phi) is 5.79. The molecular formula is C20H24N2O5S. The maximum Gasteiger partial charge on any atom is 0.265 e. The van der Waals surface area contributed by atoms with Crippen LogP contribution in [0.3, 0.4) is 0 Å². The zero-order chi connectivity index (χ0) is 20.3. The van der Waals surface area contributed by atoms with Crippen LogP contribution in [0.4, 0.5) is 11.4 Å². The fourth-order valence-electron chi connectivity index (χ4n) is 3.23. The van der Waals surface area contributed by atoms with Crippen molar-refractivity contribution in [3.05, 3.63) is 42.0 Å². The molecule has 1 amide bonds. The van der Waals surface area contributed by atoms with Gasteiger partial charge in [-0.15, -0.1) is 0 Å². The molecule has 0 radical (unpaired) electrons. The molecule has 8 heteroatoms. The molecule has 1 aliphatic heterocycles. The van der Waals surface area contributed by atoms with Gasteiger partial charge in [0, 0.05) is 13.0 Å². The molecule has 2 aromatic carbocycles. The lowest BCUT2D eigenvalue weighted by atomic mass is 10.1. The Labute approximate surface area is 165 Å². The number of hydrogen-bond acceptors (Lipinski definition) is 5. The van der Waals surface area contributed by atoms with E-state index in [2.05, 4.69) is 4.72 Å². The number of nitrogens with one attached hydrogen (secondary N) is 1. The van der Waals surface area contributed by atoms with E-state index in [-0.39, 0.29) is 16.6 Å². The van der Waals surface area contributed by atoms with Gasteiger partial charge < -0.3 is 14.4 Å². The van der Waals surface area contributed by atoms with Gasteiger partial charge >= 0.3 is 0 Å². The molecule has 0 spiro atoms. The number of rotatable bonds is 6. The number of piperidine rings is 1. The minimum Gasteiger partial charge on any atom is -0.495 e. The molecule has 1 fully saturated rings. The summed E-state index contributed by atoms with van der Waals surface area (Å²) in [4.78, 5) is 14.0. The van der Waals surface area contributed by atoms with Crippen LogP contribution >= 0.6 is 0 Å². The SMILES string of the molecule is COc1ccc(NS(=O)(=O)c2cc(C)ccc2OC)cc1N1CCCCC1=O. The van der Waals surface area contributed by atoms with Crippen molar-refractivity contribution in [3.8, 4) is 11.5 Å². The maximum absolute atomic E-state index is 12.9. The van der Waals surface area contributed by atoms with Crippen LogP contribution in [0.2, 0.25) is 0 Å². The first-order valence-electron chi connectivity index (χ1n) is 9.01. The second-order valence-electron chi connectivity index (χ2n) is 6.65. The van der Waals surface area contributed by atoms with E-state index >= 15 is 0 Å². The predicted octanol–water partition coefficient (Wildman–Crippen LogP) is 3.33. The molecular weight excluding hydrogens is 380 g/mol. The van der Waals surface area contributed by atoms with E-state index in [4.69, 9.17) is 9.47 Å². The normalized spacial score (nSPS) is 14.7. The molecule has 28 heavy (non-hydrogen) atoms. The molecule has 0 unspecified atom stereocenters. The maximum atomic E-state index is 12.9. The highest BCUT2D eigenvalue weighted by Gasteiger charge is 2.25. The molecule has 1 saturated heterocycles. The average molecular weight is 404 g/mol. The number of carbonyl (C=O) groups is 1. The molecule has 1 heterocycles. The number of sulfonamides is 1. The number of benzene rings is 2. The van der Waals surface area contributed by atoms with Gasteiger partial charge in [0.2, 0.25) is 5.91 Å². The van der Waals surface area contributed by atoms with Gasteiger partial charge in [-0.2, -0.15) is 0 Å². The Hall–Kier alpha value is -2.74. The summed E-state index contributed by atoms with van der Waals surface area (Å²) in [5.74, 6) is 0.786. The fraction of sp³-hybridized carbons (Fsp3) is 0.350. The molecule has 0 aromatic heterocycles. The number of aryl methyl sites for hydroxylation is 1. The summed E-state index contributed by atoms with van der Waals surface area (Å²) in [6.45, 7) is 2.39. The minimum atomic E-state index is -3.88. The number of methoxy groups -OCH3 is 2. The Morgan fingerprint density at radius 1 is 1.00 bits per heavy atom. The van der Waals surface area contributed by atoms with E-state index in [9.17, 15) is 13.2 Å². The summed E-state index contributed by atoms with van der Waals surface area (Å²) in [7, 11) is -0.928. The predicted molar refractivity (Wildman–Crippen MR) is 108 cm³/mol. The molecule has 1 N–H and O–H groups in total. The smallest absolute Gasteiger partial charge is 0.265 e. The van der Waals surface area contributed by atoms with E-state index < -0.39 is 10.0 Å². The van der Waals surface area contributed by atoms with Crippen molar-refractivity contribution >= 4 is 27.3 Å². The highest BCUT2D eigenvalue weighted by Crippen LogP contribution is 2.35. The van der Waals surface area contributed by atoms with Crippen molar-refractivity contribution in [2.24, 2.45) is 0 Å². The monoisotopic (exact) mass is 404 g/mol. The Balaban J connectivity index is 1.97.